The number of aliphatic hydroxyl groups is 1. The normalized spacial score (nSPS) is 45.0. The molecule has 1 fully saturated rings. The molecule has 9 heavy (non-hydrogen) atoms. The van der Waals surface area contributed by atoms with E-state index in [4.69, 9.17) is 0 Å². The lowest BCUT2D eigenvalue weighted by atomic mass is 9.99. The highest BCUT2D eigenvalue weighted by atomic mass is 16.3. The van der Waals surface area contributed by atoms with Crippen molar-refractivity contribution in [2.75, 3.05) is 20.1 Å². The Morgan fingerprint density at radius 2 is 2.11 bits per heavy atom. The number of likely N-dealkylation sites (tertiary alicyclic amines) is 1. The zero-order chi connectivity index (χ0) is 6.85. The lowest BCUT2D eigenvalue weighted by Gasteiger charge is -2.27. The number of rotatable bonds is 0. The summed E-state index contributed by atoms with van der Waals surface area (Å²) in [5.74, 6) is 0.703. The standard InChI is InChI=1S/C7H15NO/c1-6-3-7(9)5-8(2)4-6/h6-7,9H,3-5H2,1-2H3/p+1/t6-,7+/m1/s1. The molecular weight excluding hydrogens is 114 g/mol. The molecule has 0 aromatic rings. The van der Waals surface area contributed by atoms with Crippen LogP contribution in [0.15, 0.2) is 0 Å². The highest BCUT2D eigenvalue weighted by Gasteiger charge is 2.22. The van der Waals surface area contributed by atoms with Gasteiger partial charge in [-0.15, -0.1) is 0 Å². The third kappa shape index (κ3) is 1.95. The molecule has 0 amide bonds. The highest BCUT2D eigenvalue weighted by Crippen LogP contribution is 2.05. The molecule has 0 aromatic heterocycles. The summed E-state index contributed by atoms with van der Waals surface area (Å²) in [7, 11) is 2.14. The summed E-state index contributed by atoms with van der Waals surface area (Å²) in [4.78, 5) is 1.46. The Labute approximate surface area is 56.5 Å². The van der Waals surface area contributed by atoms with Gasteiger partial charge in [0.25, 0.3) is 0 Å². The van der Waals surface area contributed by atoms with E-state index in [2.05, 4.69) is 14.0 Å². The minimum atomic E-state index is -0.0475. The number of likely N-dealkylation sites (N-methyl/N-ethyl adjacent to an activating group) is 1. The molecule has 2 heteroatoms. The van der Waals surface area contributed by atoms with Crippen LogP contribution in [0.25, 0.3) is 0 Å². The third-order valence-electron chi connectivity index (χ3n) is 1.96. The van der Waals surface area contributed by atoms with Gasteiger partial charge in [0.2, 0.25) is 0 Å². The van der Waals surface area contributed by atoms with Gasteiger partial charge in [-0.1, -0.05) is 6.92 Å². The molecular formula is C7H16NO+. The summed E-state index contributed by atoms with van der Waals surface area (Å²) in [5.41, 5.74) is 0. The summed E-state index contributed by atoms with van der Waals surface area (Å²) < 4.78 is 0. The Kier molecular flexibility index (Phi) is 2.09. The van der Waals surface area contributed by atoms with Crippen molar-refractivity contribution in [2.45, 2.75) is 19.4 Å². The first-order chi connectivity index (χ1) is 4.18. The van der Waals surface area contributed by atoms with Gasteiger partial charge in [-0.3, -0.25) is 0 Å². The Balaban J connectivity index is 2.34. The number of aliphatic hydroxyl groups excluding tert-OH is 1. The van der Waals surface area contributed by atoms with Crippen LogP contribution in [0.4, 0.5) is 0 Å². The van der Waals surface area contributed by atoms with E-state index >= 15 is 0 Å². The lowest BCUT2D eigenvalue weighted by molar-refractivity contribution is -0.892. The predicted molar refractivity (Wildman–Crippen MR) is 36.4 cm³/mol. The fraction of sp³-hybridized carbons (Fsp3) is 1.00. The summed E-state index contributed by atoms with van der Waals surface area (Å²) in [6.45, 7) is 4.35. The fourth-order valence-corrected chi connectivity index (χ4v) is 1.71. The average molecular weight is 130 g/mol. The quantitative estimate of drug-likeness (QED) is 0.427. The molecule has 0 bridgehead atoms. The van der Waals surface area contributed by atoms with Gasteiger partial charge < -0.3 is 10.0 Å². The molecule has 0 aromatic carbocycles. The van der Waals surface area contributed by atoms with Crippen molar-refractivity contribution >= 4 is 0 Å². The van der Waals surface area contributed by atoms with Crippen molar-refractivity contribution in [1.29, 1.82) is 0 Å². The molecule has 0 aliphatic carbocycles. The Morgan fingerprint density at radius 1 is 1.44 bits per heavy atom. The number of piperidine rings is 1. The van der Waals surface area contributed by atoms with Crippen LogP contribution >= 0.6 is 0 Å². The zero-order valence-corrected chi connectivity index (χ0v) is 6.22. The smallest absolute Gasteiger partial charge is 0.103 e. The Morgan fingerprint density at radius 3 is 2.56 bits per heavy atom. The molecule has 3 atom stereocenters. The van der Waals surface area contributed by atoms with Crippen LogP contribution in [0.3, 0.4) is 0 Å². The molecule has 1 aliphatic heterocycles. The molecule has 2 nitrogen and oxygen atoms in total. The van der Waals surface area contributed by atoms with Gasteiger partial charge in [0.05, 0.1) is 13.6 Å². The first-order valence-corrected chi connectivity index (χ1v) is 3.68. The van der Waals surface area contributed by atoms with E-state index < -0.39 is 0 Å². The van der Waals surface area contributed by atoms with E-state index in [0.29, 0.717) is 5.92 Å². The largest absolute Gasteiger partial charge is 0.387 e. The highest BCUT2D eigenvalue weighted by molar-refractivity contribution is 4.63. The van der Waals surface area contributed by atoms with Gasteiger partial charge in [-0.25, -0.2) is 0 Å². The first-order valence-electron chi connectivity index (χ1n) is 3.68. The van der Waals surface area contributed by atoms with E-state index in [9.17, 15) is 5.11 Å². The van der Waals surface area contributed by atoms with Crippen LogP contribution in [-0.4, -0.2) is 31.3 Å². The fourth-order valence-electron chi connectivity index (χ4n) is 1.71. The first kappa shape index (κ1) is 7.03. The van der Waals surface area contributed by atoms with Crippen molar-refractivity contribution in [3.05, 3.63) is 0 Å². The van der Waals surface area contributed by atoms with Crippen LogP contribution in [0.5, 0.6) is 0 Å². The zero-order valence-electron chi connectivity index (χ0n) is 6.22. The molecule has 1 unspecified atom stereocenters. The number of hydrogen-bond donors (Lipinski definition) is 2. The Bertz CT molecular complexity index is 69.9. The van der Waals surface area contributed by atoms with Crippen molar-refractivity contribution < 1.29 is 10.0 Å². The maximum absolute atomic E-state index is 9.23. The molecule has 1 aliphatic rings. The van der Waals surface area contributed by atoms with E-state index in [1.54, 1.807) is 0 Å². The van der Waals surface area contributed by atoms with Crippen LogP contribution in [0.2, 0.25) is 0 Å². The minimum absolute atomic E-state index is 0.0475. The number of nitrogens with one attached hydrogen (secondary N) is 1. The molecule has 54 valence electrons. The second-order valence-electron chi connectivity index (χ2n) is 3.36. The summed E-state index contributed by atoms with van der Waals surface area (Å²) in [5, 5.41) is 9.23. The monoisotopic (exact) mass is 130 g/mol. The summed E-state index contributed by atoms with van der Waals surface area (Å²) >= 11 is 0. The van der Waals surface area contributed by atoms with Gasteiger partial charge in [-0.2, -0.15) is 0 Å². The maximum atomic E-state index is 9.23. The summed E-state index contributed by atoms with van der Waals surface area (Å²) in [6, 6.07) is 0. The van der Waals surface area contributed by atoms with Crippen LogP contribution in [0, 0.1) is 5.92 Å². The molecule has 1 saturated heterocycles. The second kappa shape index (κ2) is 2.67. The van der Waals surface area contributed by atoms with Crippen LogP contribution in [0.1, 0.15) is 13.3 Å². The van der Waals surface area contributed by atoms with Gasteiger partial charge in [0.1, 0.15) is 12.6 Å². The molecule has 2 N–H and O–H groups in total. The summed E-state index contributed by atoms with van der Waals surface area (Å²) in [6.07, 6.45) is 0.950. The third-order valence-corrected chi connectivity index (χ3v) is 1.96. The molecule has 0 saturated carbocycles. The van der Waals surface area contributed by atoms with Gasteiger partial charge in [-0.05, 0) is 6.42 Å². The van der Waals surface area contributed by atoms with Gasteiger partial charge in [0.15, 0.2) is 0 Å². The van der Waals surface area contributed by atoms with E-state index in [1.165, 1.54) is 11.4 Å². The van der Waals surface area contributed by atoms with Gasteiger partial charge >= 0.3 is 0 Å². The van der Waals surface area contributed by atoms with Crippen LogP contribution < -0.4 is 4.90 Å². The molecule has 1 heterocycles. The van der Waals surface area contributed by atoms with E-state index in [0.717, 1.165) is 13.0 Å². The van der Waals surface area contributed by atoms with Gasteiger partial charge in [0, 0.05) is 5.92 Å². The molecule has 1 rings (SSSR count). The average Bonchev–Trinajstić information content (AvgIpc) is 1.59. The SMILES string of the molecule is C[C@@H]1C[C@H](O)C[NH+](C)C1. The lowest BCUT2D eigenvalue weighted by Crippen LogP contribution is -3.12. The number of quaternary nitrogens is 1. The van der Waals surface area contributed by atoms with Crippen molar-refractivity contribution in [1.82, 2.24) is 0 Å². The second-order valence-corrected chi connectivity index (χ2v) is 3.36. The van der Waals surface area contributed by atoms with E-state index in [1.807, 2.05) is 0 Å². The predicted octanol–water partition coefficient (Wildman–Crippen LogP) is -1.10. The van der Waals surface area contributed by atoms with Crippen molar-refractivity contribution in [3.8, 4) is 0 Å². The van der Waals surface area contributed by atoms with Crippen molar-refractivity contribution in [3.63, 3.8) is 0 Å². The maximum Gasteiger partial charge on any atom is 0.103 e. The van der Waals surface area contributed by atoms with E-state index in [-0.39, 0.29) is 6.10 Å². The topological polar surface area (TPSA) is 24.7 Å². The van der Waals surface area contributed by atoms with Crippen molar-refractivity contribution in [2.24, 2.45) is 5.92 Å². The van der Waals surface area contributed by atoms with Crippen LogP contribution in [-0.2, 0) is 0 Å². The molecule has 0 spiro atoms. The minimum Gasteiger partial charge on any atom is -0.387 e. The Hall–Kier alpha value is -0.0800. The molecule has 0 radical (unpaired) electrons. The number of hydrogen-bond acceptors (Lipinski definition) is 1.